The Kier molecular flexibility index (Phi) is 4.32. The molecule has 0 N–H and O–H groups in total. The van der Waals surface area contributed by atoms with Crippen LogP contribution in [0.15, 0.2) is 45.6 Å². The van der Waals surface area contributed by atoms with Crippen LogP contribution in [0.3, 0.4) is 0 Å². The summed E-state index contributed by atoms with van der Waals surface area (Å²) in [6.45, 7) is 0. The highest BCUT2D eigenvalue weighted by molar-refractivity contribution is 5.75. The first-order valence-electron chi connectivity index (χ1n) is 6.95. The lowest BCUT2D eigenvalue weighted by Crippen LogP contribution is -2.00. The zero-order chi connectivity index (χ0) is 16.8. The third kappa shape index (κ3) is 3.29. The molecule has 0 saturated carbocycles. The predicted octanol–water partition coefficient (Wildman–Crippen LogP) is 3.75. The van der Waals surface area contributed by atoms with Crippen molar-refractivity contribution >= 4 is 24.3 Å². The van der Waals surface area contributed by atoms with Crippen molar-refractivity contribution in [1.29, 1.82) is 10.5 Å². The third-order valence-electron chi connectivity index (χ3n) is 3.06. The SMILES string of the molecule is N#Cc1nc(/C=C/c2ccco2)c(/C=C/c2ccco2)nc1C#N. The van der Waals surface area contributed by atoms with E-state index in [1.54, 1.807) is 61.1 Å². The van der Waals surface area contributed by atoms with Crippen LogP contribution in [-0.2, 0) is 0 Å². The van der Waals surface area contributed by atoms with Gasteiger partial charge in [-0.2, -0.15) is 10.5 Å². The van der Waals surface area contributed by atoms with Gasteiger partial charge < -0.3 is 8.83 Å². The molecule has 0 aliphatic rings. The fourth-order valence-corrected chi connectivity index (χ4v) is 1.96. The van der Waals surface area contributed by atoms with Gasteiger partial charge in [-0.1, -0.05) is 0 Å². The summed E-state index contributed by atoms with van der Waals surface area (Å²) in [5.41, 5.74) is 0.855. The highest BCUT2D eigenvalue weighted by Gasteiger charge is 2.10. The fourth-order valence-electron chi connectivity index (χ4n) is 1.96. The zero-order valence-corrected chi connectivity index (χ0v) is 12.4. The van der Waals surface area contributed by atoms with Crippen LogP contribution in [0.5, 0.6) is 0 Å². The fraction of sp³-hybridized carbons (Fsp3) is 0. The molecule has 0 saturated heterocycles. The minimum absolute atomic E-state index is 0.0215. The maximum absolute atomic E-state index is 9.12. The van der Waals surface area contributed by atoms with E-state index in [4.69, 9.17) is 19.4 Å². The van der Waals surface area contributed by atoms with Crippen molar-refractivity contribution in [1.82, 2.24) is 9.97 Å². The number of hydrogen-bond donors (Lipinski definition) is 0. The molecule has 3 aromatic rings. The Morgan fingerprint density at radius 2 is 1.21 bits per heavy atom. The van der Waals surface area contributed by atoms with Crippen molar-refractivity contribution in [2.45, 2.75) is 0 Å². The molecule has 0 fully saturated rings. The van der Waals surface area contributed by atoms with Crippen molar-refractivity contribution in [2.24, 2.45) is 0 Å². The Labute approximate surface area is 137 Å². The van der Waals surface area contributed by atoms with Gasteiger partial charge in [0.05, 0.1) is 23.9 Å². The van der Waals surface area contributed by atoms with Crippen molar-refractivity contribution in [2.75, 3.05) is 0 Å². The first-order chi connectivity index (χ1) is 11.8. The van der Waals surface area contributed by atoms with Crippen LogP contribution < -0.4 is 0 Å². The molecule has 0 aliphatic carbocycles. The van der Waals surface area contributed by atoms with Crippen molar-refractivity contribution in [3.63, 3.8) is 0 Å². The lowest BCUT2D eigenvalue weighted by molar-refractivity contribution is 0.557. The van der Waals surface area contributed by atoms with Crippen molar-refractivity contribution in [3.8, 4) is 12.1 Å². The largest absolute Gasteiger partial charge is 0.465 e. The summed E-state index contributed by atoms with van der Waals surface area (Å²) in [5.74, 6) is 1.28. The Morgan fingerprint density at radius 3 is 1.54 bits per heavy atom. The molecule has 24 heavy (non-hydrogen) atoms. The first-order valence-corrected chi connectivity index (χ1v) is 6.95. The van der Waals surface area contributed by atoms with Crippen LogP contribution in [0, 0.1) is 22.7 Å². The second kappa shape index (κ2) is 6.91. The van der Waals surface area contributed by atoms with Gasteiger partial charge in [0.15, 0.2) is 11.4 Å². The Hall–Kier alpha value is -3.90. The van der Waals surface area contributed by atoms with E-state index in [0.29, 0.717) is 22.9 Å². The van der Waals surface area contributed by atoms with E-state index < -0.39 is 0 Å². The van der Waals surface area contributed by atoms with E-state index in [0.717, 1.165) is 0 Å². The second-order valence-electron chi connectivity index (χ2n) is 4.61. The lowest BCUT2D eigenvalue weighted by Gasteiger charge is -2.02. The monoisotopic (exact) mass is 314 g/mol. The zero-order valence-electron chi connectivity index (χ0n) is 12.4. The van der Waals surface area contributed by atoms with Gasteiger partial charge in [0.1, 0.15) is 23.7 Å². The average molecular weight is 314 g/mol. The van der Waals surface area contributed by atoms with Crippen LogP contribution in [0.25, 0.3) is 24.3 Å². The number of furan rings is 2. The predicted molar refractivity (Wildman–Crippen MR) is 86.7 cm³/mol. The van der Waals surface area contributed by atoms with Crippen LogP contribution in [0.2, 0.25) is 0 Å². The number of rotatable bonds is 4. The molecule has 0 bridgehead atoms. The highest BCUT2D eigenvalue weighted by Crippen LogP contribution is 2.16. The number of nitrogens with zero attached hydrogens (tertiary/aromatic N) is 4. The molecular formula is C18H10N4O2. The second-order valence-corrected chi connectivity index (χ2v) is 4.61. The summed E-state index contributed by atoms with van der Waals surface area (Å²) in [6, 6.07) is 10.9. The third-order valence-corrected chi connectivity index (χ3v) is 3.06. The molecule has 6 nitrogen and oxygen atoms in total. The van der Waals surface area contributed by atoms with Gasteiger partial charge in [-0.3, -0.25) is 0 Å². The topological polar surface area (TPSA) is 99.6 Å². The molecule has 0 aliphatic heterocycles. The molecule has 3 rings (SSSR count). The summed E-state index contributed by atoms with van der Waals surface area (Å²) in [7, 11) is 0. The van der Waals surface area contributed by atoms with E-state index in [1.807, 2.05) is 12.1 Å². The lowest BCUT2D eigenvalue weighted by atomic mass is 10.2. The Balaban J connectivity index is 2.04. The van der Waals surface area contributed by atoms with Crippen LogP contribution in [0.1, 0.15) is 34.3 Å². The van der Waals surface area contributed by atoms with Gasteiger partial charge in [0.2, 0.25) is 0 Å². The summed E-state index contributed by atoms with van der Waals surface area (Å²) >= 11 is 0. The maximum Gasteiger partial charge on any atom is 0.177 e. The Bertz CT molecular complexity index is 888. The summed E-state index contributed by atoms with van der Waals surface area (Å²) < 4.78 is 10.5. The molecule has 0 atom stereocenters. The Morgan fingerprint density at radius 1 is 0.750 bits per heavy atom. The average Bonchev–Trinajstić information content (AvgIpc) is 3.31. The molecule has 3 aromatic heterocycles. The van der Waals surface area contributed by atoms with E-state index in [1.165, 1.54) is 0 Å². The molecule has 0 spiro atoms. The summed E-state index contributed by atoms with van der Waals surface area (Å²) in [4.78, 5) is 8.41. The highest BCUT2D eigenvalue weighted by atomic mass is 16.3. The van der Waals surface area contributed by atoms with Gasteiger partial charge in [0, 0.05) is 0 Å². The maximum atomic E-state index is 9.12. The molecular weight excluding hydrogens is 304 g/mol. The molecule has 3 heterocycles. The van der Waals surface area contributed by atoms with Gasteiger partial charge >= 0.3 is 0 Å². The quantitative estimate of drug-likeness (QED) is 0.727. The van der Waals surface area contributed by atoms with Gasteiger partial charge in [-0.15, -0.1) is 0 Å². The molecule has 0 unspecified atom stereocenters. The molecule has 6 heteroatoms. The smallest absolute Gasteiger partial charge is 0.177 e. The summed E-state index contributed by atoms with van der Waals surface area (Å²) in [5, 5.41) is 18.2. The van der Waals surface area contributed by atoms with E-state index in [-0.39, 0.29) is 11.4 Å². The number of hydrogen-bond acceptors (Lipinski definition) is 6. The van der Waals surface area contributed by atoms with Gasteiger partial charge in [0.25, 0.3) is 0 Å². The van der Waals surface area contributed by atoms with Gasteiger partial charge in [-0.05, 0) is 48.6 Å². The molecule has 114 valence electrons. The first kappa shape index (κ1) is 15.0. The minimum Gasteiger partial charge on any atom is -0.465 e. The standard InChI is InChI=1S/C18H10N4O2/c19-11-17-18(12-20)22-16(8-6-14-4-2-10-24-14)15(21-17)7-5-13-3-1-9-23-13/h1-10H/b7-5+,8-6+. The molecule has 0 amide bonds. The van der Waals surface area contributed by atoms with E-state index in [2.05, 4.69) is 9.97 Å². The minimum atomic E-state index is -0.0215. The van der Waals surface area contributed by atoms with Crippen molar-refractivity contribution in [3.05, 3.63) is 71.1 Å². The number of aromatic nitrogens is 2. The van der Waals surface area contributed by atoms with Crippen molar-refractivity contribution < 1.29 is 8.83 Å². The van der Waals surface area contributed by atoms with Crippen LogP contribution >= 0.6 is 0 Å². The summed E-state index contributed by atoms with van der Waals surface area (Å²) in [6.07, 6.45) is 9.89. The van der Waals surface area contributed by atoms with Crippen LogP contribution in [-0.4, -0.2) is 9.97 Å². The van der Waals surface area contributed by atoms with Crippen LogP contribution in [0.4, 0.5) is 0 Å². The van der Waals surface area contributed by atoms with E-state index >= 15 is 0 Å². The number of nitriles is 2. The van der Waals surface area contributed by atoms with E-state index in [9.17, 15) is 0 Å². The molecule has 0 aromatic carbocycles. The normalized spacial score (nSPS) is 10.9. The molecule has 0 radical (unpaired) electrons. The van der Waals surface area contributed by atoms with Gasteiger partial charge in [-0.25, -0.2) is 9.97 Å².